The predicted octanol–water partition coefficient (Wildman–Crippen LogP) is 4.46. The summed E-state index contributed by atoms with van der Waals surface area (Å²) in [6.45, 7) is -2.28. The van der Waals surface area contributed by atoms with Gasteiger partial charge in [0.1, 0.15) is 0 Å². The van der Waals surface area contributed by atoms with E-state index in [4.69, 9.17) is 0 Å². The van der Waals surface area contributed by atoms with E-state index in [-0.39, 0.29) is 0 Å². The van der Waals surface area contributed by atoms with E-state index in [9.17, 15) is 0 Å². The summed E-state index contributed by atoms with van der Waals surface area (Å²) in [7, 11) is 0. The van der Waals surface area contributed by atoms with Crippen LogP contribution < -0.4 is 0 Å². The predicted molar refractivity (Wildman–Crippen MR) is 61.7 cm³/mol. The monoisotopic (exact) mass is 265 g/mol. The first-order chi connectivity index (χ1) is 8.16. The van der Waals surface area contributed by atoms with Crippen LogP contribution in [0, 0.1) is 0 Å². The van der Waals surface area contributed by atoms with E-state index in [2.05, 4.69) is 4.98 Å². The van der Waals surface area contributed by atoms with E-state index in [0.29, 0.717) is 0 Å². The number of pyridine rings is 1. The second-order valence-corrected chi connectivity index (χ2v) is 34.5. The van der Waals surface area contributed by atoms with Gasteiger partial charge in [-0.1, -0.05) is 6.07 Å². The molecule has 11 rings (SSSR count). The quantitative estimate of drug-likeness (QED) is 0.631. The second kappa shape index (κ2) is 0.518. The summed E-state index contributed by atoms with van der Waals surface area (Å²) in [5, 5.41) is 0. The van der Waals surface area contributed by atoms with Gasteiger partial charge in [0.25, 0.3) is 0 Å². The standard InChI is InChI=1S/C5H5N.2C5H5.Fe/c1-2-4-6-5-3-1;2*1-2-4-5-3-1;/h1-5H;2*1-5H;. The third kappa shape index (κ3) is 0.0692. The van der Waals surface area contributed by atoms with Crippen molar-refractivity contribution in [3.8, 4) is 0 Å². The van der Waals surface area contributed by atoms with Crippen molar-refractivity contribution in [2.75, 3.05) is 0 Å². The molecule has 1 aromatic heterocycles. The maximum Gasteiger partial charge on any atom is 0.0267 e. The zero-order valence-electron chi connectivity index (χ0n) is 9.46. The average molecular weight is 265 g/mol. The Morgan fingerprint density at radius 2 is 0.882 bits per heavy atom. The fraction of sp³-hybridized carbons (Fsp3) is 0.667. The van der Waals surface area contributed by atoms with Crippen molar-refractivity contribution < 1.29 is 6.51 Å². The molecule has 0 aliphatic carbocycles. The van der Waals surface area contributed by atoms with E-state index in [1.807, 2.05) is 18.2 Å². The van der Waals surface area contributed by atoms with Crippen LogP contribution in [0.1, 0.15) is 0 Å². The molecule has 0 atom stereocenters. The van der Waals surface area contributed by atoms with Crippen LogP contribution >= 0.6 is 0 Å². The maximum atomic E-state index is 3.78. The van der Waals surface area contributed by atoms with Gasteiger partial charge >= 0.3 is 54.7 Å². The number of aromatic nitrogens is 1. The summed E-state index contributed by atoms with van der Waals surface area (Å²) in [5.74, 6) is 0. The Hall–Kier alpha value is -0.331. The summed E-state index contributed by atoms with van der Waals surface area (Å²) in [5.41, 5.74) is 0. The zero-order chi connectivity index (χ0) is 10.3. The van der Waals surface area contributed by atoms with Crippen molar-refractivity contribution in [2.45, 2.75) is 48.2 Å². The van der Waals surface area contributed by atoms with E-state index in [1.165, 1.54) is 0 Å². The molecule has 0 radical (unpaired) electrons. The van der Waals surface area contributed by atoms with E-state index in [1.54, 1.807) is 60.6 Å². The van der Waals surface area contributed by atoms with Crippen molar-refractivity contribution >= 4 is 0 Å². The SMILES string of the molecule is [CH]12[CH]3[CH]4[CH]5[CH]1[Fe]23451678[CH]2[CH]1[CH]6[CH]7[CH]28.c1ccncc1. The topological polar surface area (TPSA) is 12.9 Å². The molecule has 0 unspecified atom stereocenters. The molecule has 0 bridgehead atoms. The summed E-state index contributed by atoms with van der Waals surface area (Å²) >= 11 is 0. The Balaban J connectivity index is 0.0000000917. The molecule has 11 heterocycles. The van der Waals surface area contributed by atoms with Crippen LogP contribution in [0.15, 0.2) is 30.6 Å². The number of fused-ring (bicyclic) bond motifs is 10. The Morgan fingerprint density at radius 3 is 0.941 bits per heavy atom. The molecule has 10 aliphatic rings. The molecule has 0 aromatic carbocycles. The first-order valence-electron chi connectivity index (χ1n) is 7.22. The Kier molecular flexibility index (Phi) is 0.189. The summed E-state index contributed by atoms with van der Waals surface area (Å²) in [6.07, 6.45) is 3.50. The van der Waals surface area contributed by atoms with Gasteiger partial charge in [-0.2, -0.15) is 0 Å². The minimum atomic E-state index is -2.28. The molecule has 88 valence electrons. The van der Waals surface area contributed by atoms with Gasteiger partial charge in [0.05, 0.1) is 0 Å². The van der Waals surface area contributed by atoms with Gasteiger partial charge in [-0.3, -0.25) is 4.98 Å². The molecule has 1 nitrogen and oxygen atoms in total. The number of rotatable bonds is 0. The largest absolute Gasteiger partial charge is 0.265 e. The van der Waals surface area contributed by atoms with Crippen molar-refractivity contribution in [2.24, 2.45) is 0 Å². The molecule has 10 fully saturated rings. The van der Waals surface area contributed by atoms with Crippen molar-refractivity contribution in [1.82, 2.24) is 4.98 Å². The van der Waals surface area contributed by atoms with Crippen LogP contribution in [0.4, 0.5) is 0 Å². The molecule has 2 heteroatoms. The van der Waals surface area contributed by atoms with Gasteiger partial charge in [-0.25, -0.2) is 0 Å². The third-order valence-corrected chi connectivity index (χ3v) is 57.0. The third-order valence-electron chi connectivity index (χ3n) is 15.1. The normalized spacial score (nSPS) is 113. The number of nitrogens with zero attached hydrogens (tertiary/aromatic N) is 1. The van der Waals surface area contributed by atoms with Gasteiger partial charge in [-0.05, 0) is 12.1 Å². The van der Waals surface area contributed by atoms with Crippen LogP contribution in [0.25, 0.3) is 0 Å². The van der Waals surface area contributed by atoms with Gasteiger partial charge in [0.2, 0.25) is 0 Å². The Labute approximate surface area is 90.3 Å². The molecular formula is C15H15FeN. The summed E-state index contributed by atoms with van der Waals surface area (Å²) in [4.78, 5) is 19.7. The zero-order valence-corrected chi connectivity index (χ0v) is 10.6. The van der Waals surface area contributed by atoms with Crippen molar-refractivity contribution in [3.63, 3.8) is 0 Å². The molecule has 10 aliphatic heterocycles. The van der Waals surface area contributed by atoms with E-state index in [0.717, 1.165) is 0 Å². The summed E-state index contributed by atoms with van der Waals surface area (Å²) < 4.78 is 0. The minimum absolute atomic E-state index is 1.59. The van der Waals surface area contributed by atoms with Gasteiger partial charge in [0.15, 0.2) is 0 Å². The smallest absolute Gasteiger partial charge is 0.0267 e. The Morgan fingerprint density at radius 1 is 0.529 bits per heavy atom. The number of hydrogen-bond acceptors (Lipinski definition) is 1. The maximum absolute atomic E-state index is 3.78. The molecule has 10 saturated heterocycles. The molecule has 0 N–H and O–H groups in total. The van der Waals surface area contributed by atoms with Gasteiger partial charge in [0, 0.05) is 12.4 Å². The first-order valence-corrected chi connectivity index (χ1v) is 13.6. The van der Waals surface area contributed by atoms with Crippen LogP contribution in [0.2, 0.25) is 48.2 Å². The van der Waals surface area contributed by atoms with Crippen molar-refractivity contribution in [3.05, 3.63) is 30.6 Å². The number of hydrogen-bond donors (Lipinski definition) is 0. The van der Waals surface area contributed by atoms with Crippen LogP contribution in [0.5, 0.6) is 0 Å². The Bertz CT molecular complexity index is 771. The summed E-state index contributed by atoms with van der Waals surface area (Å²) in [6, 6.07) is 5.72. The fourth-order valence-corrected chi connectivity index (χ4v) is 88.3. The van der Waals surface area contributed by atoms with Crippen molar-refractivity contribution in [1.29, 1.82) is 0 Å². The molecule has 17 heavy (non-hydrogen) atoms. The van der Waals surface area contributed by atoms with Gasteiger partial charge in [-0.15, -0.1) is 0 Å². The molecule has 0 amide bonds. The molecular weight excluding hydrogens is 250 g/mol. The first kappa shape index (κ1) is 6.21. The van der Waals surface area contributed by atoms with E-state index < -0.39 is 6.51 Å². The van der Waals surface area contributed by atoms with E-state index >= 15 is 0 Å². The minimum Gasteiger partial charge on any atom is -0.265 e. The molecule has 1 aromatic rings. The second-order valence-electron chi connectivity index (χ2n) is 10.6. The van der Waals surface area contributed by atoms with Crippen LogP contribution in [0.3, 0.4) is 0 Å². The fourth-order valence-electron chi connectivity index (χ4n) is 16.1. The molecule has 0 saturated carbocycles. The van der Waals surface area contributed by atoms with Crippen LogP contribution in [-0.4, -0.2) is 4.98 Å². The van der Waals surface area contributed by atoms with Crippen LogP contribution in [-0.2, 0) is 6.51 Å². The van der Waals surface area contributed by atoms with Gasteiger partial charge < -0.3 is 0 Å². The average Bonchev–Trinajstić information content (AvgIpc) is 3.33. The molecule has 1 spiro atoms.